The van der Waals surface area contributed by atoms with Gasteiger partial charge in [-0.1, -0.05) is 6.92 Å². The second kappa shape index (κ2) is 5.76. The zero-order chi connectivity index (χ0) is 4.83. The standard InChI is InChI=1S/C3H9BS2/c1-2-3-5-6-4/h2-4H2,1H3. The highest BCUT2D eigenvalue weighted by Crippen LogP contribution is 2.15. The predicted octanol–water partition coefficient (Wildman–Crippen LogP) is 1.33. The molecule has 0 heterocycles. The fraction of sp³-hybridized carbons (Fsp3) is 1.00. The van der Waals surface area contributed by atoms with Crippen LogP contribution in [0.15, 0.2) is 0 Å². The summed E-state index contributed by atoms with van der Waals surface area (Å²) in [7, 11) is 5.88. The summed E-state index contributed by atoms with van der Waals surface area (Å²) < 4.78 is 0. The average molecular weight is 120 g/mol. The van der Waals surface area contributed by atoms with Gasteiger partial charge in [0.05, 0.1) is 0 Å². The topological polar surface area (TPSA) is 0 Å². The van der Waals surface area contributed by atoms with E-state index in [9.17, 15) is 0 Å². The van der Waals surface area contributed by atoms with Gasteiger partial charge in [0.15, 0.2) is 7.12 Å². The van der Waals surface area contributed by atoms with Crippen molar-refractivity contribution in [2.24, 2.45) is 0 Å². The van der Waals surface area contributed by atoms with Crippen LogP contribution in [0.4, 0.5) is 0 Å². The van der Waals surface area contributed by atoms with Crippen LogP contribution in [0.3, 0.4) is 0 Å². The van der Waals surface area contributed by atoms with E-state index in [1.165, 1.54) is 12.2 Å². The van der Waals surface area contributed by atoms with E-state index in [1.807, 2.05) is 21.4 Å². The molecule has 0 unspecified atom stereocenters. The molecule has 0 saturated heterocycles. The lowest BCUT2D eigenvalue weighted by Crippen LogP contribution is -1.64. The van der Waals surface area contributed by atoms with Crippen LogP contribution in [0.25, 0.3) is 0 Å². The maximum Gasteiger partial charge on any atom is 0.188 e. The van der Waals surface area contributed by atoms with Gasteiger partial charge in [-0.15, -0.1) is 10.8 Å². The molecule has 0 aromatic carbocycles. The number of rotatable bonds is 3. The van der Waals surface area contributed by atoms with Gasteiger partial charge in [-0.3, -0.25) is 0 Å². The van der Waals surface area contributed by atoms with Crippen molar-refractivity contribution in [3.8, 4) is 0 Å². The zero-order valence-electron chi connectivity index (χ0n) is 4.23. The first-order valence-electron chi connectivity index (χ1n) is 2.07. The molecule has 0 atom stereocenters. The summed E-state index contributed by atoms with van der Waals surface area (Å²) >= 11 is 0. The van der Waals surface area contributed by atoms with Crippen LogP contribution >= 0.6 is 21.4 Å². The monoisotopic (exact) mass is 120 g/mol. The first-order chi connectivity index (χ1) is 2.91. The summed E-state index contributed by atoms with van der Waals surface area (Å²) in [6.45, 7) is 2.20. The first kappa shape index (κ1) is 6.76. The van der Waals surface area contributed by atoms with Crippen LogP contribution in [0.2, 0.25) is 0 Å². The molecular formula is C3H9BS2. The molecule has 0 aromatic rings. The van der Waals surface area contributed by atoms with Crippen molar-refractivity contribution in [1.29, 1.82) is 0 Å². The molecule has 3 heteroatoms. The van der Waals surface area contributed by atoms with Gasteiger partial charge in [-0.2, -0.15) is 10.6 Å². The fourth-order valence-electron chi connectivity index (χ4n) is 0.167. The first-order valence-corrected chi connectivity index (χ1v) is 4.80. The van der Waals surface area contributed by atoms with Crippen LogP contribution in [0, 0.1) is 0 Å². The molecule has 0 bridgehead atoms. The molecule has 0 fully saturated rings. The lowest BCUT2D eigenvalue weighted by atomic mass is 10.6. The lowest BCUT2D eigenvalue weighted by Gasteiger charge is -1.86. The molecule has 36 valence electrons. The Morgan fingerprint density at radius 3 is 2.50 bits per heavy atom. The molecule has 0 amide bonds. The van der Waals surface area contributed by atoms with Gasteiger partial charge in [-0.05, 0) is 6.42 Å². The smallest absolute Gasteiger partial charge is 0.156 e. The van der Waals surface area contributed by atoms with E-state index in [0.717, 1.165) is 0 Å². The van der Waals surface area contributed by atoms with Crippen LogP contribution in [0.5, 0.6) is 0 Å². The summed E-state index contributed by atoms with van der Waals surface area (Å²) in [6, 6.07) is 0. The summed E-state index contributed by atoms with van der Waals surface area (Å²) in [6.07, 6.45) is 1.30. The van der Waals surface area contributed by atoms with Gasteiger partial charge in [0.2, 0.25) is 0 Å². The fourth-order valence-corrected chi connectivity index (χ4v) is 1.50. The molecule has 0 aliphatic heterocycles. The lowest BCUT2D eigenvalue weighted by molar-refractivity contribution is 1.11. The summed E-state index contributed by atoms with van der Waals surface area (Å²) in [5, 5.41) is 0. The molecule has 0 aliphatic rings. The third-order valence-electron chi connectivity index (χ3n) is 0.405. The quantitative estimate of drug-likeness (QED) is 0.313. The van der Waals surface area contributed by atoms with Crippen molar-refractivity contribution in [2.45, 2.75) is 13.3 Å². The SMILES string of the molecule is BSSCCC. The Morgan fingerprint density at radius 1 is 1.67 bits per heavy atom. The van der Waals surface area contributed by atoms with Gasteiger partial charge in [0.25, 0.3) is 0 Å². The van der Waals surface area contributed by atoms with Crippen LogP contribution in [0.1, 0.15) is 13.3 Å². The third kappa shape index (κ3) is 4.76. The largest absolute Gasteiger partial charge is 0.188 e. The van der Waals surface area contributed by atoms with Crippen LogP contribution in [-0.4, -0.2) is 12.9 Å². The highest BCUT2D eigenvalue weighted by Gasteiger charge is 1.75. The normalized spacial score (nSPS) is 8.83. The Morgan fingerprint density at radius 2 is 2.33 bits per heavy atom. The second-order valence-corrected chi connectivity index (χ2v) is 3.67. The molecule has 0 rings (SSSR count). The van der Waals surface area contributed by atoms with E-state index in [-0.39, 0.29) is 0 Å². The van der Waals surface area contributed by atoms with E-state index in [0.29, 0.717) is 0 Å². The van der Waals surface area contributed by atoms with Crippen molar-refractivity contribution in [2.75, 3.05) is 5.75 Å². The molecule has 0 aliphatic carbocycles. The minimum absolute atomic E-state index is 1.29. The Kier molecular flexibility index (Phi) is 6.50. The van der Waals surface area contributed by atoms with Crippen LogP contribution in [-0.2, 0) is 0 Å². The Labute approximate surface area is 48.2 Å². The zero-order valence-corrected chi connectivity index (χ0v) is 5.86. The Bertz CT molecular complexity index is 20.8. The Balaban J connectivity index is 2.34. The maximum atomic E-state index is 2.20. The van der Waals surface area contributed by atoms with Crippen molar-refractivity contribution < 1.29 is 0 Å². The molecule has 0 spiro atoms. The van der Waals surface area contributed by atoms with E-state index < -0.39 is 0 Å². The van der Waals surface area contributed by atoms with E-state index in [4.69, 9.17) is 0 Å². The molecule has 0 aromatic heterocycles. The summed E-state index contributed by atoms with van der Waals surface area (Å²) in [5.74, 6) is 1.29. The van der Waals surface area contributed by atoms with Crippen molar-refractivity contribution in [3.05, 3.63) is 0 Å². The highest BCUT2D eigenvalue weighted by molar-refractivity contribution is 8.84. The maximum absolute atomic E-state index is 2.20. The van der Waals surface area contributed by atoms with Gasteiger partial charge in [0.1, 0.15) is 0 Å². The molecule has 0 saturated carbocycles. The minimum Gasteiger partial charge on any atom is -0.156 e. The number of hydrogen-bond donors (Lipinski definition) is 0. The number of hydrogen-bond acceptors (Lipinski definition) is 2. The third-order valence-corrected chi connectivity index (χ3v) is 2.42. The highest BCUT2D eigenvalue weighted by atomic mass is 33.1. The molecule has 0 N–H and O–H groups in total. The minimum atomic E-state index is 1.29. The van der Waals surface area contributed by atoms with Gasteiger partial charge >= 0.3 is 0 Å². The summed E-state index contributed by atoms with van der Waals surface area (Å²) in [5.41, 5.74) is 0. The van der Waals surface area contributed by atoms with Crippen molar-refractivity contribution in [3.63, 3.8) is 0 Å². The van der Waals surface area contributed by atoms with Crippen LogP contribution < -0.4 is 0 Å². The average Bonchev–Trinajstić information content (AvgIpc) is 1.61. The molecule has 0 radical (unpaired) electrons. The van der Waals surface area contributed by atoms with Crippen molar-refractivity contribution >= 4 is 28.6 Å². The van der Waals surface area contributed by atoms with E-state index in [1.54, 1.807) is 0 Å². The van der Waals surface area contributed by atoms with E-state index in [2.05, 4.69) is 14.0 Å². The molecular weight excluding hydrogens is 111 g/mol. The van der Waals surface area contributed by atoms with Crippen molar-refractivity contribution in [1.82, 2.24) is 0 Å². The van der Waals surface area contributed by atoms with E-state index >= 15 is 0 Å². The van der Waals surface area contributed by atoms with Gasteiger partial charge in [-0.25, -0.2) is 0 Å². The summed E-state index contributed by atoms with van der Waals surface area (Å²) in [4.78, 5) is 0. The molecule has 6 heavy (non-hydrogen) atoms. The van der Waals surface area contributed by atoms with Gasteiger partial charge in [0, 0.05) is 5.75 Å². The second-order valence-electron chi connectivity index (χ2n) is 0.989. The molecule has 0 nitrogen and oxygen atoms in total. The Hall–Kier alpha value is 0.765. The predicted molar refractivity (Wildman–Crippen MR) is 38.9 cm³/mol. The van der Waals surface area contributed by atoms with Gasteiger partial charge < -0.3 is 0 Å².